The van der Waals surface area contributed by atoms with Gasteiger partial charge in [0.1, 0.15) is 6.29 Å². The molecule has 2 heteroatoms. The SMILES string of the molecule is CC(C=O)CCCC(C)C1CCC2C3CC=C4CC(O)CCC4(C)C3CCC12C. The molecule has 0 heterocycles. The van der Waals surface area contributed by atoms with E-state index in [-0.39, 0.29) is 12.0 Å². The predicted octanol–water partition coefficient (Wildman–Crippen LogP) is 6.57. The number of carbonyl (C=O) groups is 1. The van der Waals surface area contributed by atoms with Gasteiger partial charge in [0.2, 0.25) is 0 Å². The standard InChI is InChI=1S/C27H44O2/c1-18(17-28)6-5-7-19(2)23-10-11-24-22-9-8-20-16-21(29)12-14-26(20,3)25(22)13-15-27(23,24)4/h8,17-19,21-25,29H,5-7,9-16H2,1-4H3. The number of carbonyl (C=O) groups excluding carboxylic acids is 1. The Balaban J connectivity index is 1.46. The van der Waals surface area contributed by atoms with Crippen LogP contribution < -0.4 is 0 Å². The lowest BCUT2D eigenvalue weighted by molar-refractivity contribution is -0.110. The van der Waals surface area contributed by atoms with Crippen LogP contribution in [0, 0.1) is 46.3 Å². The molecular weight excluding hydrogens is 356 g/mol. The van der Waals surface area contributed by atoms with Crippen LogP contribution in [0.4, 0.5) is 0 Å². The van der Waals surface area contributed by atoms with Gasteiger partial charge >= 0.3 is 0 Å². The molecule has 0 bridgehead atoms. The van der Waals surface area contributed by atoms with Crippen molar-refractivity contribution in [1.29, 1.82) is 0 Å². The van der Waals surface area contributed by atoms with Gasteiger partial charge in [0.25, 0.3) is 0 Å². The number of aldehydes is 1. The molecule has 0 aliphatic heterocycles. The van der Waals surface area contributed by atoms with Crippen LogP contribution in [0.2, 0.25) is 0 Å². The van der Waals surface area contributed by atoms with Gasteiger partial charge in [0, 0.05) is 5.92 Å². The Morgan fingerprint density at radius 2 is 1.90 bits per heavy atom. The van der Waals surface area contributed by atoms with E-state index in [9.17, 15) is 9.90 Å². The fourth-order valence-electron chi connectivity index (χ4n) is 8.65. The van der Waals surface area contributed by atoms with Crippen LogP contribution in [0.3, 0.4) is 0 Å². The molecule has 3 fully saturated rings. The molecule has 4 aliphatic carbocycles. The first-order valence-electron chi connectivity index (χ1n) is 12.6. The monoisotopic (exact) mass is 400 g/mol. The average Bonchev–Trinajstić information content (AvgIpc) is 3.05. The van der Waals surface area contributed by atoms with Crippen molar-refractivity contribution in [2.75, 3.05) is 0 Å². The van der Waals surface area contributed by atoms with Crippen LogP contribution in [0.25, 0.3) is 0 Å². The summed E-state index contributed by atoms with van der Waals surface area (Å²) in [7, 11) is 0. The maximum absolute atomic E-state index is 10.9. The van der Waals surface area contributed by atoms with E-state index in [1.807, 2.05) is 0 Å². The highest BCUT2D eigenvalue weighted by molar-refractivity contribution is 5.52. The summed E-state index contributed by atoms with van der Waals surface area (Å²) < 4.78 is 0. The van der Waals surface area contributed by atoms with Crippen molar-refractivity contribution in [3.63, 3.8) is 0 Å². The Labute approximate surface area is 178 Å². The van der Waals surface area contributed by atoms with Gasteiger partial charge in [-0.2, -0.15) is 0 Å². The fourth-order valence-corrected chi connectivity index (χ4v) is 8.65. The van der Waals surface area contributed by atoms with Crippen LogP contribution in [0.15, 0.2) is 11.6 Å². The lowest BCUT2D eigenvalue weighted by atomic mass is 9.47. The Kier molecular flexibility index (Phi) is 6.06. The highest BCUT2D eigenvalue weighted by atomic mass is 16.3. The first-order valence-corrected chi connectivity index (χ1v) is 12.6. The molecule has 0 aromatic carbocycles. The number of rotatable bonds is 6. The van der Waals surface area contributed by atoms with Crippen LogP contribution in [0.1, 0.15) is 98.3 Å². The second-order valence-electron chi connectivity index (χ2n) is 11.9. The molecule has 0 aromatic heterocycles. The van der Waals surface area contributed by atoms with Gasteiger partial charge in [-0.1, -0.05) is 52.2 Å². The molecule has 3 saturated carbocycles. The molecule has 2 nitrogen and oxygen atoms in total. The molecular formula is C27H44O2. The minimum absolute atomic E-state index is 0.0987. The van der Waals surface area contributed by atoms with Crippen molar-refractivity contribution < 1.29 is 9.90 Å². The molecule has 4 rings (SSSR count). The van der Waals surface area contributed by atoms with Crippen molar-refractivity contribution in [3.8, 4) is 0 Å². The van der Waals surface area contributed by atoms with Crippen molar-refractivity contribution in [2.24, 2.45) is 46.3 Å². The summed E-state index contributed by atoms with van der Waals surface area (Å²) in [5.74, 6) is 4.48. The Hall–Kier alpha value is -0.630. The lowest BCUT2D eigenvalue weighted by Crippen LogP contribution is -2.50. The van der Waals surface area contributed by atoms with Crippen LogP contribution in [0.5, 0.6) is 0 Å². The molecule has 4 aliphatic rings. The maximum atomic E-state index is 10.9. The molecule has 0 spiro atoms. The van der Waals surface area contributed by atoms with E-state index in [0.717, 1.165) is 55.1 Å². The number of aliphatic hydroxyl groups excluding tert-OH is 1. The molecule has 0 saturated heterocycles. The molecule has 0 radical (unpaired) electrons. The highest BCUT2D eigenvalue weighted by Gasteiger charge is 2.59. The summed E-state index contributed by atoms with van der Waals surface area (Å²) in [6, 6.07) is 0. The summed E-state index contributed by atoms with van der Waals surface area (Å²) in [6.07, 6.45) is 17.2. The van der Waals surface area contributed by atoms with E-state index in [0.29, 0.717) is 10.8 Å². The van der Waals surface area contributed by atoms with Gasteiger partial charge in [0.05, 0.1) is 6.10 Å². The lowest BCUT2D eigenvalue weighted by Gasteiger charge is -2.58. The number of allylic oxidation sites excluding steroid dienone is 1. The molecule has 0 amide bonds. The fraction of sp³-hybridized carbons (Fsp3) is 0.889. The predicted molar refractivity (Wildman–Crippen MR) is 119 cm³/mol. The van der Waals surface area contributed by atoms with Gasteiger partial charge in [-0.15, -0.1) is 0 Å². The zero-order valence-corrected chi connectivity index (χ0v) is 19.3. The highest BCUT2D eigenvalue weighted by Crippen LogP contribution is 2.67. The number of hydrogen-bond donors (Lipinski definition) is 1. The summed E-state index contributed by atoms with van der Waals surface area (Å²) in [6.45, 7) is 9.73. The normalized spacial score (nSPS) is 46.1. The number of aliphatic hydroxyl groups is 1. The third-order valence-corrected chi connectivity index (χ3v) is 10.4. The summed E-state index contributed by atoms with van der Waals surface area (Å²) >= 11 is 0. The summed E-state index contributed by atoms with van der Waals surface area (Å²) in [5, 5.41) is 10.2. The first kappa shape index (κ1) is 21.6. The largest absolute Gasteiger partial charge is 0.393 e. The Morgan fingerprint density at radius 1 is 1.10 bits per heavy atom. The number of fused-ring (bicyclic) bond motifs is 5. The van der Waals surface area contributed by atoms with E-state index in [4.69, 9.17) is 0 Å². The minimum Gasteiger partial charge on any atom is -0.393 e. The zero-order valence-electron chi connectivity index (χ0n) is 19.3. The van der Waals surface area contributed by atoms with E-state index >= 15 is 0 Å². The van der Waals surface area contributed by atoms with Gasteiger partial charge in [0.15, 0.2) is 0 Å². The van der Waals surface area contributed by atoms with Crippen molar-refractivity contribution in [1.82, 2.24) is 0 Å². The van der Waals surface area contributed by atoms with Gasteiger partial charge in [-0.05, 0) is 98.2 Å². The Bertz CT molecular complexity index is 638. The Morgan fingerprint density at radius 3 is 2.66 bits per heavy atom. The molecule has 29 heavy (non-hydrogen) atoms. The minimum atomic E-state index is -0.0987. The second kappa shape index (κ2) is 8.13. The molecule has 9 unspecified atom stereocenters. The first-order chi connectivity index (χ1) is 13.8. The third-order valence-electron chi connectivity index (χ3n) is 10.4. The van der Waals surface area contributed by atoms with Gasteiger partial charge < -0.3 is 9.90 Å². The van der Waals surface area contributed by atoms with Crippen LogP contribution in [-0.2, 0) is 4.79 Å². The van der Waals surface area contributed by atoms with Crippen molar-refractivity contribution >= 4 is 6.29 Å². The maximum Gasteiger partial charge on any atom is 0.122 e. The summed E-state index contributed by atoms with van der Waals surface area (Å²) in [5.41, 5.74) is 2.47. The van der Waals surface area contributed by atoms with E-state index in [1.165, 1.54) is 51.4 Å². The molecule has 1 N–H and O–H groups in total. The van der Waals surface area contributed by atoms with Gasteiger partial charge in [-0.25, -0.2) is 0 Å². The second-order valence-corrected chi connectivity index (χ2v) is 11.9. The van der Waals surface area contributed by atoms with E-state index < -0.39 is 0 Å². The average molecular weight is 401 g/mol. The van der Waals surface area contributed by atoms with Crippen molar-refractivity contribution in [3.05, 3.63) is 11.6 Å². The smallest absolute Gasteiger partial charge is 0.122 e. The van der Waals surface area contributed by atoms with Gasteiger partial charge in [-0.3, -0.25) is 0 Å². The quantitative estimate of drug-likeness (QED) is 0.404. The van der Waals surface area contributed by atoms with E-state index in [2.05, 4.69) is 33.8 Å². The molecule has 0 aromatic rings. The third kappa shape index (κ3) is 3.66. The van der Waals surface area contributed by atoms with E-state index in [1.54, 1.807) is 5.57 Å². The molecule has 164 valence electrons. The van der Waals surface area contributed by atoms with Crippen LogP contribution >= 0.6 is 0 Å². The summed E-state index contributed by atoms with van der Waals surface area (Å²) in [4.78, 5) is 10.9. The molecule has 9 atom stereocenters. The number of hydrogen-bond acceptors (Lipinski definition) is 2. The van der Waals surface area contributed by atoms with Crippen molar-refractivity contribution in [2.45, 2.75) is 104 Å². The topological polar surface area (TPSA) is 37.3 Å². The van der Waals surface area contributed by atoms with Crippen LogP contribution in [-0.4, -0.2) is 17.5 Å². The zero-order chi connectivity index (χ0) is 20.8.